The van der Waals surface area contributed by atoms with E-state index in [-0.39, 0.29) is 36.8 Å². The van der Waals surface area contributed by atoms with Gasteiger partial charge in [-0.25, -0.2) is 0 Å². The fourth-order valence-electron chi connectivity index (χ4n) is 5.93. The van der Waals surface area contributed by atoms with Crippen LogP contribution in [-0.2, 0) is 14.9 Å². The molecule has 3 aromatic carbocycles. The van der Waals surface area contributed by atoms with Crippen molar-refractivity contribution in [3.8, 4) is 5.75 Å². The van der Waals surface area contributed by atoms with Crippen molar-refractivity contribution in [1.29, 1.82) is 0 Å². The van der Waals surface area contributed by atoms with Gasteiger partial charge in [0.1, 0.15) is 12.4 Å². The molecule has 222 valence electrons. The number of rotatable bonds is 8. The number of amides is 4. The van der Waals surface area contributed by atoms with Gasteiger partial charge in [0.15, 0.2) is 6.29 Å². The van der Waals surface area contributed by atoms with E-state index < -0.39 is 17.7 Å². The Kier molecular flexibility index (Phi) is 7.72. The van der Waals surface area contributed by atoms with Crippen LogP contribution >= 0.6 is 0 Å². The molecule has 0 aromatic heterocycles. The van der Waals surface area contributed by atoms with E-state index in [1.54, 1.807) is 37.4 Å². The number of ether oxygens (including phenoxy) is 3. The van der Waals surface area contributed by atoms with Crippen LogP contribution in [0.3, 0.4) is 0 Å². The topological polar surface area (TPSA) is 123 Å². The van der Waals surface area contributed by atoms with Gasteiger partial charge in [-0.2, -0.15) is 0 Å². The molecule has 1 fully saturated rings. The van der Waals surface area contributed by atoms with Crippen LogP contribution in [0.15, 0.2) is 66.7 Å². The van der Waals surface area contributed by atoms with Crippen LogP contribution in [0.25, 0.3) is 0 Å². The highest BCUT2D eigenvalue weighted by molar-refractivity contribution is 6.21. The first-order chi connectivity index (χ1) is 20.8. The predicted octanol–water partition coefficient (Wildman–Crippen LogP) is 3.29. The lowest BCUT2D eigenvalue weighted by atomic mass is 9.77. The van der Waals surface area contributed by atoms with Crippen molar-refractivity contribution in [2.45, 2.75) is 37.5 Å². The molecule has 4 amide bonds. The van der Waals surface area contributed by atoms with Crippen molar-refractivity contribution in [3.05, 3.63) is 100 Å². The van der Waals surface area contributed by atoms with Gasteiger partial charge in [0.25, 0.3) is 23.6 Å². The Bertz CT molecular complexity index is 1550. The molecule has 2 N–H and O–H groups in total. The van der Waals surface area contributed by atoms with Gasteiger partial charge in [0, 0.05) is 31.1 Å². The number of nitrogens with zero attached hydrogens (tertiary/aromatic N) is 1. The first-order valence-corrected chi connectivity index (χ1v) is 14.4. The SMILES string of the molecule is CNC(=O)c1cc(C(=O)NCCC[C@H]2OC[C@H](N3C(=O)c4ccccc4C3=O)CO2)cc2c1OC[C@@]2(C)c1ccccc1. The molecular formula is C33H33N3O7. The Morgan fingerprint density at radius 1 is 0.930 bits per heavy atom. The van der Waals surface area contributed by atoms with Crippen LogP contribution < -0.4 is 15.4 Å². The maximum atomic E-state index is 13.2. The molecule has 6 rings (SSSR count). The average molecular weight is 584 g/mol. The van der Waals surface area contributed by atoms with Crippen molar-refractivity contribution in [2.75, 3.05) is 33.4 Å². The van der Waals surface area contributed by atoms with Crippen molar-refractivity contribution in [2.24, 2.45) is 0 Å². The molecule has 1 saturated heterocycles. The lowest BCUT2D eigenvalue weighted by Crippen LogP contribution is -2.49. The summed E-state index contributed by atoms with van der Waals surface area (Å²) >= 11 is 0. The predicted molar refractivity (Wildman–Crippen MR) is 156 cm³/mol. The Morgan fingerprint density at radius 3 is 2.23 bits per heavy atom. The van der Waals surface area contributed by atoms with Crippen LogP contribution in [0.5, 0.6) is 5.75 Å². The zero-order chi connectivity index (χ0) is 30.1. The van der Waals surface area contributed by atoms with Gasteiger partial charge >= 0.3 is 0 Å². The van der Waals surface area contributed by atoms with Crippen molar-refractivity contribution < 1.29 is 33.4 Å². The molecule has 3 aliphatic heterocycles. The highest BCUT2D eigenvalue weighted by Crippen LogP contribution is 2.45. The number of carbonyl (C=O) groups excluding carboxylic acids is 4. The number of fused-ring (bicyclic) bond motifs is 2. The number of hydrogen-bond acceptors (Lipinski definition) is 7. The zero-order valence-corrected chi connectivity index (χ0v) is 24.1. The van der Waals surface area contributed by atoms with Crippen molar-refractivity contribution in [3.63, 3.8) is 0 Å². The summed E-state index contributed by atoms with van der Waals surface area (Å²) in [5.74, 6) is -0.796. The lowest BCUT2D eigenvalue weighted by Gasteiger charge is -2.33. The Balaban J connectivity index is 1.05. The number of imide groups is 1. The highest BCUT2D eigenvalue weighted by Gasteiger charge is 2.42. The summed E-state index contributed by atoms with van der Waals surface area (Å²) in [6.45, 7) is 3.14. The highest BCUT2D eigenvalue weighted by atomic mass is 16.7. The normalized spacial score (nSPS) is 22.5. The Labute approximate surface area is 249 Å². The molecule has 1 atom stereocenters. The van der Waals surface area contributed by atoms with Crippen LogP contribution in [-0.4, -0.2) is 74.3 Å². The van der Waals surface area contributed by atoms with E-state index in [0.717, 1.165) is 11.1 Å². The number of nitrogens with one attached hydrogen (secondary N) is 2. The summed E-state index contributed by atoms with van der Waals surface area (Å²) < 4.78 is 17.7. The first-order valence-electron chi connectivity index (χ1n) is 14.4. The molecule has 0 spiro atoms. The molecule has 0 bridgehead atoms. The third-order valence-corrected chi connectivity index (χ3v) is 8.38. The molecule has 3 aliphatic rings. The third-order valence-electron chi connectivity index (χ3n) is 8.38. The minimum absolute atomic E-state index is 0.183. The van der Waals surface area contributed by atoms with E-state index in [1.807, 2.05) is 43.3 Å². The minimum Gasteiger partial charge on any atom is -0.491 e. The number of benzene rings is 3. The maximum absolute atomic E-state index is 13.2. The second-order valence-corrected chi connectivity index (χ2v) is 11.1. The standard InChI is InChI=1S/C33H33N3O7/c1-33(21-9-4-3-5-10-21)19-43-28-25(30(38)34-2)15-20(16-26(28)33)29(37)35-14-8-13-27-41-17-22(18-42-27)36-31(39)23-11-6-7-12-24(23)32(36)40/h3-7,9-12,15-16,22,27H,8,13-14,17-19H2,1-2H3,(H,34,38)(H,35,37)/t22-,27-,33-/m0/s1. The van der Waals surface area contributed by atoms with E-state index in [0.29, 0.717) is 54.0 Å². The quantitative estimate of drug-likeness (QED) is 0.308. The van der Waals surface area contributed by atoms with E-state index in [2.05, 4.69) is 10.6 Å². The Morgan fingerprint density at radius 2 is 1.58 bits per heavy atom. The van der Waals surface area contributed by atoms with Crippen molar-refractivity contribution in [1.82, 2.24) is 15.5 Å². The smallest absolute Gasteiger partial charge is 0.261 e. The van der Waals surface area contributed by atoms with Crippen LogP contribution in [0, 0.1) is 0 Å². The third kappa shape index (κ3) is 5.17. The summed E-state index contributed by atoms with van der Waals surface area (Å²) in [5.41, 5.74) is 2.80. The van der Waals surface area contributed by atoms with Gasteiger partial charge in [-0.3, -0.25) is 24.1 Å². The average Bonchev–Trinajstić information content (AvgIpc) is 3.52. The molecular weight excluding hydrogens is 550 g/mol. The molecule has 10 nitrogen and oxygen atoms in total. The zero-order valence-electron chi connectivity index (χ0n) is 24.1. The summed E-state index contributed by atoms with van der Waals surface area (Å²) in [7, 11) is 1.55. The van der Waals surface area contributed by atoms with Gasteiger partial charge in [0.05, 0.1) is 41.4 Å². The minimum atomic E-state index is -0.518. The van der Waals surface area contributed by atoms with E-state index in [9.17, 15) is 19.2 Å². The largest absolute Gasteiger partial charge is 0.491 e. The van der Waals surface area contributed by atoms with E-state index in [1.165, 1.54) is 4.90 Å². The summed E-state index contributed by atoms with van der Waals surface area (Å²) in [6.07, 6.45) is 0.585. The molecule has 0 saturated carbocycles. The van der Waals surface area contributed by atoms with Gasteiger partial charge in [0.2, 0.25) is 0 Å². The van der Waals surface area contributed by atoms with Gasteiger partial charge < -0.3 is 24.8 Å². The molecule has 0 unspecified atom stereocenters. The maximum Gasteiger partial charge on any atom is 0.261 e. The molecule has 43 heavy (non-hydrogen) atoms. The van der Waals surface area contributed by atoms with Gasteiger partial charge in [-0.05, 0) is 43.2 Å². The summed E-state index contributed by atoms with van der Waals surface area (Å²) in [4.78, 5) is 52.7. The van der Waals surface area contributed by atoms with Crippen LogP contribution in [0.4, 0.5) is 0 Å². The summed E-state index contributed by atoms with van der Waals surface area (Å²) in [6, 6.07) is 19.5. The second-order valence-electron chi connectivity index (χ2n) is 11.1. The molecule has 3 aromatic rings. The Hall–Kier alpha value is -4.54. The fraction of sp³-hybridized carbons (Fsp3) is 0.333. The van der Waals surface area contributed by atoms with E-state index in [4.69, 9.17) is 14.2 Å². The van der Waals surface area contributed by atoms with Crippen molar-refractivity contribution >= 4 is 23.6 Å². The molecule has 3 heterocycles. The monoisotopic (exact) mass is 583 g/mol. The molecule has 0 radical (unpaired) electrons. The fourth-order valence-corrected chi connectivity index (χ4v) is 5.93. The lowest BCUT2D eigenvalue weighted by molar-refractivity contribution is -0.199. The second kappa shape index (κ2) is 11.6. The number of carbonyl (C=O) groups is 4. The van der Waals surface area contributed by atoms with Crippen LogP contribution in [0.1, 0.15) is 72.3 Å². The first kappa shape index (κ1) is 28.6. The van der Waals surface area contributed by atoms with E-state index >= 15 is 0 Å². The van der Waals surface area contributed by atoms with Gasteiger partial charge in [-0.1, -0.05) is 42.5 Å². The van der Waals surface area contributed by atoms with Gasteiger partial charge in [-0.15, -0.1) is 0 Å². The molecule has 10 heteroatoms. The molecule has 0 aliphatic carbocycles. The van der Waals surface area contributed by atoms with Crippen LogP contribution in [0.2, 0.25) is 0 Å². The summed E-state index contributed by atoms with van der Waals surface area (Å²) in [5, 5.41) is 5.58. The number of hydrogen-bond donors (Lipinski definition) is 2.